The quantitative estimate of drug-likeness (QED) is 0.491. The van der Waals surface area contributed by atoms with E-state index in [4.69, 9.17) is 27.9 Å². The number of ether oxygens (including phenoxy) is 1. The molecule has 2 aromatic rings. The fourth-order valence-electron chi connectivity index (χ4n) is 3.53. The van der Waals surface area contributed by atoms with E-state index in [0.29, 0.717) is 13.2 Å². The van der Waals surface area contributed by atoms with Crippen molar-refractivity contribution in [1.82, 2.24) is 15.1 Å². The van der Waals surface area contributed by atoms with E-state index < -0.39 is 23.7 Å². The van der Waals surface area contributed by atoms with Gasteiger partial charge >= 0.3 is 5.97 Å². The maximum Gasteiger partial charge on any atom is 0.326 e. The Balaban J connectivity index is 1.66. The van der Waals surface area contributed by atoms with E-state index in [2.05, 4.69) is 22.2 Å². The first-order chi connectivity index (χ1) is 15.8. The fourth-order valence-corrected chi connectivity index (χ4v) is 4.10. The zero-order valence-electron chi connectivity index (χ0n) is 18.3. The number of nitrogens with zero attached hydrogens (tertiary/aromatic N) is 2. The largest absolute Gasteiger partial charge is 0.505 e. The van der Waals surface area contributed by atoms with Crippen LogP contribution in [0.25, 0.3) is 0 Å². The molecule has 0 saturated carbocycles. The molecule has 0 aliphatic carbocycles. The number of phenolic OH excluding ortho intramolecular Hbond substituents is 1. The lowest BCUT2D eigenvalue weighted by Gasteiger charge is -2.32. The van der Waals surface area contributed by atoms with E-state index in [1.54, 1.807) is 24.3 Å². The summed E-state index contributed by atoms with van der Waals surface area (Å²) in [5.41, 5.74) is 0.519. The molecule has 1 heterocycles. The molecule has 1 aliphatic heterocycles. The van der Waals surface area contributed by atoms with Crippen LogP contribution < -0.4 is 10.1 Å². The van der Waals surface area contributed by atoms with Gasteiger partial charge in [-0.1, -0.05) is 53.5 Å². The van der Waals surface area contributed by atoms with Gasteiger partial charge in [0, 0.05) is 39.1 Å². The van der Waals surface area contributed by atoms with Crippen molar-refractivity contribution < 1.29 is 24.5 Å². The van der Waals surface area contributed by atoms with Crippen molar-refractivity contribution >= 4 is 35.1 Å². The molecule has 178 valence electrons. The number of carbonyl (C=O) groups is 2. The van der Waals surface area contributed by atoms with Gasteiger partial charge in [-0.15, -0.1) is 0 Å². The van der Waals surface area contributed by atoms with Crippen LogP contribution in [0.3, 0.4) is 0 Å². The van der Waals surface area contributed by atoms with Gasteiger partial charge in [0.05, 0.1) is 10.6 Å². The summed E-state index contributed by atoms with van der Waals surface area (Å²) in [6.07, 6.45) is 0.0810. The van der Waals surface area contributed by atoms with Crippen molar-refractivity contribution in [2.45, 2.75) is 12.5 Å². The Morgan fingerprint density at radius 3 is 2.45 bits per heavy atom. The highest BCUT2D eigenvalue weighted by molar-refractivity contribution is 6.39. The molecular formula is C23H27Cl2N3O5. The number of carbonyl (C=O) groups excluding carboxylic acids is 1. The summed E-state index contributed by atoms with van der Waals surface area (Å²) >= 11 is 12.5. The van der Waals surface area contributed by atoms with Gasteiger partial charge in [-0.2, -0.15) is 0 Å². The molecule has 1 amide bonds. The molecule has 1 fully saturated rings. The summed E-state index contributed by atoms with van der Waals surface area (Å²) in [6, 6.07) is 8.94. The molecule has 0 unspecified atom stereocenters. The second-order valence-corrected chi connectivity index (χ2v) is 8.73. The van der Waals surface area contributed by atoms with Crippen molar-refractivity contribution in [2.75, 3.05) is 46.4 Å². The van der Waals surface area contributed by atoms with E-state index in [1.165, 1.54) is 6.07 Å². The van der Waals surface area contributed by atoms with Gasteiger partial charge in [-0.25, -0.2) is 4.79 Å². The predicted octanol–water partition coefficient (Wildman–Crippen LogP) is 2.75. The van der Waals surface area contributed by atoms with Crippen LogP contribution in [0, 0.1) is 0 Å². The van der Waals surface area contributed by atoms with Crippen LogP contribution in [-0.2, 0) is 11.2 Å². The predicted molar refractivity (Wildman–Crippen MR) is 127 cm³/mol. The second kappa shape index (κ2) is 11.6. The number of piperazine rings is 1. The van der Waals surface area contributed by atoms with Crippen LogP contribution in [-0.4, -0.2) is 84.3 Å². The number of phenols is 1. The van der Waals surface area contributed by atoms with Gasteiger partial charge in [0.15, 0.2) is 11.5 Å². The topological polar surface area (TPSA) is 102 Å². The third-order valence-electron chi connectivity index (χ3n) is 5.53. The number of nitrogens with one attached hydrogen (secondary N) is 1. The van der Waals surface area contributed by atoms with Gasteiger partial charge in [0.25, 0.3) is 5.91 Å². The maximum absolute atomic E-state index is 12.7. The lowest BCUT2D eigenvalue weighted by molar-refractivity contribution is -0.139. The van der Waals surface area contributed by atoms with Crippen molar-refractivity contribution in [2.24, 2.45) is 0 Å². The monoisotopic (exact) mass is 495 g/mol. The molecule has 1 saturated heterocycles. The minimum atomic E-state index is -1.20. The molecule has 33 heavy (non-hydrogen) atoms. The van der Waals surface area contributed by atoms with E-state index in [0.717, 1.165) is 31.7 Å². The molecule has 3 rings (SSSR count). The number of likely N-dealkylation sites (N-methyl/N-ethyl adjacent to an activating group) is 1. The highest BCUT2D eigenvalue weighted by atomic mass is 35.5. The smallest absolute Gasteiger partial charge is 0.326 e. The molecule has 3 N–H and O–H groups in total. The summed E-state index contributed by atoms with van der Waals surface area (Å²) in [5, 5.41) is 22.3. The van der Waals surface area contributed by atoms with E-state index in [-0.39, 0.29) is 27.8 Å². The first-order valence-electron chi connectivity index (χ1n) is 10.6. The van der Waals surface area contributed by atoms with Crippen LogP contribution in [0.15, 0.2) is 36.4 Å². The van der Waals surface area contributed by atoms with Crippen LogP contribution in [0.1, 0.15) is 15.9 Å². The number of hydrogen-bond donors (Lipinski definition) is 3. The SMILES string of the molecule is CN1CCN(CCOc2c(Cl)cc(C(=O)N[C@H](Cc3ccccc3)C(=O)O)c(O)c2Cl)CC1. The van der Waals surface area contributed by atoms with Crippen LogP contribution in [0.5, 0.6) is 11.5 Å². The Morgan fingerprint density at radius 2 is 1.82 bits per heavy atom. The Morgan fingerprint density at radius 1 is 1.15 bits per heavy atom. The molecule has 0 radical (unpaired) electrons. The minimum Gasteiger partial charge on any atom is -0.505 e. The minimum absolute atomic E-state index is 0.0521. The van der Waals surface area contributed by atoms with E-state index in [1.807, 2.05) is 6.07 Å². The van der Waals surface area contributed by atoms with Crippen LogP contribution in [0.2, 0.25) is 10.0 Å². The van der Waals surface area contributed by atoms with Crippen molar-refractivity contribution in [3.05, 3.63) is 57.6 Å². The number of amides is 1. The second-order valence-electron chi connectivity index (χ2n) is 7.95. The zero-order valence-corrected chi connectivity index (χ0v) is 19.8. The fraction of sp³-hybridized carbons (Fsp3) is 0.391. The number of halogens is 2. The number of benzene rings is 2. The average molecular weight is 496 g/mol. The van der Waals surface area contributed by atoms with E-state index >= 15 is 0 Å². The lowest BCUT2D eigenvalue weighted by Crippen LogP contribution is -2.45. The number of hydrogen-bond acceptors (Lipinski definition) is 6. The number of aromatic hydroxyl groups is 1. The van der Waals surface area contributed by atoms with Crippen molar-refractivity contribution in [1.29, 1.82) is 0 Å². The molecule has 2 aromatic carbocycles. The molecule has 0 aromatic heterocycles. The molecule has 8 nitrogen and oxygen atoms in total. The maximum atomic E-state index is 12.7. The molecule has 1 atom stereocenters. The normalized spacial score (nSPS) is 15.7. The first kappa shape index (κ1) is 25.1. The van der Waals surface area contributed by atoms with Crippen LogP contribution >= 0.6 is 23.2 Å². The Labute approximate surface area is 202 Å². The number of carboxylic acids is 1. The Hall–Kier alpha value is -2.52. The van der Waals surface area contributed by atoms with Gasteiger partial charge in [0.1, 0.15) is 17.7 Å². The van der Waals surface area contributed by atoms with Gasteiger partial charge in [-0.05, 0) is 18.7 Å². The number of carboxylic acid groups (broad SMARTS) is 1. The first-order valence-corrected chi connectivity index (χ1v) is 11.3. The van der Waals surface area contributed by atoms with Crippen molar-refractivity contribution in [3.8, 4) is 11.5 Å². The summed E-state index contributed by atoms with van der Waals surface area (Å²) < 4.78 is 5.71. The summed E-state index contributed by atoms with van der Waals surface area (Å²) in [6.45, 7) is 4.80. The molecule has 1 aliphatic rings. The molecule has 0 spiro atoms. The third-order valence-corrected chi connectivity index (χ3v) is 6.16. The third kappa shape index (κ3) is 6.74. The summed E-state index contributed by atoms with van der Waals surface area (Å²) in [5.74, 6) is -2.44. The molecule has 10 heteroatoms. The number of rotatable bonds is 9. The molecular weight excluding hydrogens is 469 g/mol. The Bertz CT molecular complexity index is 982. The highest BCUT2D eigenvalue weighted by Crippen LogP contribution is 2.42. The van der Waals surface area contributed by atoms with Gasteiger partial charge in [0.2, 0.25) is 0 Å². The summed E-state index contributed by atoms with van der Waals surface area (Å²) in [4.78, 5) is 28.9. The van der Waals surface area contributed by atoms with Crippen LogP contribution in [0.4, 0.5) is 0 Å². The number of aliphatic carboxylic acids is 1. The van der Waals surface area contributed by atoms with E-state index in [9.17, 15) is 19.8 Å². The lowest BCUT2D eigenvalue weighted by atomic mass is 10.1. The molecule has 0 bridgehead atoms. The average Bonchev–Trinajstić information content (AvgIpc) is 2.79. The summed E-state index contributed by atoms with van der Waals surface area (Å²) in [7, 11) is 2.08. The van der Waals surface area contributed by atoms with Gasteiger partial charge in [-0.3, -0.25) is 9.69 Å². The van der Waals surface area contributed by atoms with Crippen molar-refractivity contribution in [3.63, 3.8) is 0 Å². The highest BCUT2D eigenvalue weighted by Gasteiger charge is 2.26. The Kier molecular flexibility index (Phi) is 8.80. The standard InChI is InChI=1S/C23H27Cl2N3O5/c1-27-7-9-28(10-8-27)11-12-33-21-17(24)14-16(20(29)19(21)25)22(30)26-18(23(31)32)13-15-5-3-2-4-6-15/h2-6,14,18,29H,7-13H2,1H3,(H,26,30)(H,31,32)/t18-/m1/s1. The zero-order chi connectivity index (χ0) is 24.0. The van der Waals surface area contributed by atoms with Gasteiger partial charge < -0.3 is 25.2 Å².